The molecule has 0 aromatic carbocycles. The van der Waals surface area contributed by atoms with Crippen molar-refractivity contribution in [2.45, 2.75) is 50.0 Å². The van der Waals surface area contributed by atoms with Gasteiger partial charge in [-0.15, -0.1) is 0 Å². The minimum Gasteiger partial charge on any atom is -0.481 e. The van der Waals surface area contributed by atoms with Gasteiger partial charge in [-0.25, -0.2) is 16.6 Å². The number of carboxylic acids is 1. The largest absolute Gasteiger partial charge is 0.481 e. The third-order valence-corrected chi connectivity index (χ3v) is 5.49. The summed E-state index contributed by atoms with van der Waals surface area (Å²) in [7, 11) is 0. The SMILES string of the molecule is C[B]S[C@H]1[C@@H]([C@H](NC(C)=O)[C@@H](O)CCO)[C@H](N=C(N)N)C[C@@H]1C(=O)O. The van der Waals surface area contributed by atoms with Crippen LogP contribution in [0.4, 0.5) is 0 Å². The molecule has 0 spiro atoms. The van der Waals surface area contributed by atoms with Gasteiger partial charge in [-0.2, -0.15) is 0 Å². The molecule has 11 heteroatoms. The average Bonchev–Trinajstić information content (AvgIpc) is 2.83. The molecule has 8 N–H and O–H groups in total. The van der Waals surface area contributed by atoms with Gasteiger partial charge in [0.1, 0.15) is 0 Å². The fourth-order valence-corrected chi connectivity index (χ4v) is 4.66. The second-order valence-corrected chi connectivity index (χ2v) is 7.31. The van der Waals surface area contributed by atoms with Crippen LogP contribution in [0.15, 0.2) is 4.99 Å². The first-order valence-electron chi connectivity index (χ1n) is 8.03. The summed E-state index contributed by atoms with van der Waals surface area (Å²) in [5.41, 5.74) is 11.0. The first kappa shape index (κ1) is 21.6. The Morgan fingerprint density at radius 2 is 2.08 bits per heavy atom. The number of rotatable bonds is 9. The monoisotopic (exact) mass is 373 g/mol. The topological polar surface area (TPSA) is 171 Å². The predicted octanol–water partition coefficient (Wildman–Crippen LogP) is -1.63. The summed E-state index contributed by atoms with van der Waals surface area (Å²) in [6.07, 6.45) is -0.810. The van der Waals surface area contributed by atoms with Gasteiger partial charge in [0, 0.05) is 24.7 Å². The summed E-state index contributed by atoms with van der Waals surface area (Å²) in [5, 5.41) is 31.4. The maximum atomic E-state index is 11.7. The molecule has 6 atom stereocenters. The molecule has 141 valence electrons. The Hall–Kier alpha value is -1.46. The van der Waals surface area contributed by atoms with Crippen molar-refractivity contribution in [2.24, 2.45) is 28.3 Å². The summed E-state index contributed by atoms with van der Waals surface area (Å²) in [6, 6.07) is -1.34. The van der Waals surface area contributed by atoms with Crippen LogP contribution < -0.4 is 16.8 Å². The number of nitrogens with zero attached hydrogens (tertiary/aromatic N) is 1. The molecule has 0 aromatic rings. The summed E-state index contributed by atoms with van der Waals surface area (Å²) in [4.78, 5) is 27.5. The number of hydrogen-bond acceptors (Lipinski definition) is 6. The van der Waals surface area contributed by atoms with Crippen LogP contribution in [0.1, 0.15) is 19.8 Å². The number of carboxylic acid groups (broad SMARTS) is 1. The second kappa shape index (κ2) is 9.88. The summed E-state index contributed by atoms with van der Waals surface area (Å²) >= 11 is 1.32. The number of aliphatic hydroxyl groups is 2. The Morgan fingerprint density at radius 1 is 1.44 bits per heavy atom. The number of amides is 1. The van der Waals surface area contributed by atoms with E-state index in [1.165, 1.54) is 18.5 Å². The van der Waals surface area contributed by atoms with Crippen LogP contribution in [0.25, 0.3) is 0 Å². The van der Waals surface area contributed by atoms with Crippen molar-refractivity contribution in [3.63, 3.8) is 0 Å². The molecule has 9 nitrogen and oxygen atoms in total. The van der Waals surface area contributed by atoms with Crippen molar-refractivity contribution in [3.8, 4) is 0 Å². The first-order chi connectivity index (χ1) is 11.7. The van der Waals surface area contributed by atoms with Crippen LogP contribution in [-0.2, 0) is 9.59 Å². The fourth-order valence-electron chi connectivity index (χ4n) is 3.39. The predicted molar refractivity (Wildman–Crippen MR) is 97.1 cm³/mol. The van der Waals surface area contributed by atoms with Crippen molar-refractivity contribution in [1.82, 2.24) is 5.32 Å². The number of hydrogen-bond donors (Lipinski definition) is 6. The van der Waals surface area contributed by atoms with E-state index in [9.17, 15) is 19.8 Å². The Balaban J connectivity index is 3.30. The van der Waals surface area contributed by atoms with E-state index in [-0.39, 0.29) is 31.3 Å². The number of aliphatic hydroxyl groups excluding tert-OH is 2. The molecular formula is C14H26BN4O5S. The standard InChI is InChI=1S/C14H26BN4O5S/c1-6(21)18-11(9(22)3-4-20)10-8(19-14(16)17)5-7(13(23)24)12(10)25-15-2/h7-12,20,22H,3-5H2,1-2H3,(H,18,21)(H,23,24)(H4,16,17,19)/t7-,8+,9-,10+,11+,12+/m0/s1. The molecule has 1 rings (SSSR count). The van der Waals surface area contributed by atoms with E-state index in [0.717, 1.165) is 0 Å². The van der Waals surface area contributed by atoms with Gasteiger partial charge in [0.25, 0.3) is 0 Å². The highest BCUT2D eigenvalue weighted by Crippen LogP contribution is 2.44. The molecule has 0 aliphatic heterocycles. The Morgan fingerprint density at radius 3 is 2.52 bits per heavy atom. The Labute approximate surface area is 151 Å². The highest BCUT2D eigenvalue weighted by Gasteiger charge is 2.51. The maximum Gasteiger partial charge on any atom is 0.307 e. The van der Waals surface area contributed by atoms with Crippen molar-refractivity contribution < 1.29 is 24.9 Å². The zero-order valence-corrected chi connectivity index (χ0v) is 15.1. The van der Waals surface area contributed by atoms with Gasteiger partial charge in [-0.3, -0.25) is 9.59 Å². The van der Waals surface area contributed by atoms with E-state index in [4.69, 9.17) is 16.6 Å². The molecule has 0 saturated heterocycles. The summed E-state index contributed by atoms with van der Waals surface area (Å²) < 4.78 is 0. The van der Waals surface area contributed by atoms with Crippen LogP contribution >= 0.6 is 11.6 Å². The van der Waals surface area contributed by atoms with Crippen molar-refractivity contribution >= 4 is 36.0 Å². The van der Waals surface area contributed by atoms with Crippen molar-refractivity contribution in [2.75, 3.05) is 6.61 Å². The molecule has 0 bridgehead atoms. The van der Waals surface area contributed by atoms with Crippen LogP contribution in [-0.4, -0.2) is 69.8 Å². The molecule has 1 saturated carbocycles. The van der Waals surface area contributed by atoms with E-state index < -0.39 is 41.2 Å². The molecule has 1 radical (unpaired) electrons. The maximum absolute atomic E-state index is 11.7. The molecule has 1 aliphatic rings. The van der Waals surface area contributed by atoms with Gasteiger partial charge in [-0.1, -0.05) is 6.82 Å². The van der Waals surface area contributed by atoms with Crippen LogP contribution in [0, 0.1) is 11.8 Å². The van der Waals surface area contributed by atoms with E-state index in [1.807, 2.05) is 0 Å². The molecule has 0 aromatic heterocycles. The van der Waals surface area contributed by atoms with Gasteiger partial charge in [0.2, 0.25) is 5.91 Å². The van der Waals surface area contributed by atoms with Crippen molar-refractivity contribution in [1.29, 1.82) is 0 Å². The molecule has 1 fully saturated rings. The van der Waals surface area contributed by atoms with E-state index >= 15 is 0 Å². The van der Waals surface area contributed by atoms with Crippen LogP contribution in [0.5, 0.6) is 0 Å². The molecule has 0 unspecified atom stereocenters. The van der Waals surface area contributed by atoms with Crippen molar-refractivity contribution in [3.05, 3.63) is 0 Å². The molecule has 25 heavy (non-hydrogen) atoms. The van der Waals surface area contributed by atoms with Crippen LogP contribution in [0.2, 0.25) is 6.82 Å². The normalized spacial score (nSPS) is 28.0. The highest BCUT2D eigenvalue weighted by molar-refractivity contribution is 8.22. The number of aliphatic carboxylic acids is 1. The lowest BCUT2D eigenvalue weighted by Gasteiger charge is -2.35. The number of carbonyl (C=O) groups excluding carboxylic acids is 1. The minimum atomic E-state index is -1.05. The lowest BCUT2D eigenvalue weighted by Crippen LogP contribution is -2.53. The highest BCUT2D eigenvalue weighted by atomic mass is 32.2. The minimum absolute atomic E-state index is 0.0426. The third-order valence-electron chi connectivity index (χ3n) is 4.26. The van der Waals surface area contributed by atoms with Gasteiger partial charge in [-0.05, 0) is 12.8 Å². The number of nitrogens with two attached hydrogens (primary N) is 2. The molecular weight excluding hydrogens is 347 g/mol. The number of aliphatic imine (C=N–C) groups is 1. The van der Waals surface area contributed by atoms with Crippen LogP contribution in [0.3, 0.4) is 0 Å². The van der Waals surface area contributed by atoms with E-state index in [2.05, 4.69) is 10.3 Å². The summed E-state index contributed by atoms with van der Waals surface area (Å²) in [5.74, 6) is -2.75. The van der Waals surface area contributed by atoms with E-state index in [0.29, 0.717) is 0 Å². The quantitative estimate of drug-likeness (QED) is 0.159. The van der Waals surface area contributed by atoms with Gasteiger partial charge in [0.05, 0.1) is 24.1 Å². The zero-order valence-electron chi connectivity index (χ0n) is 14.3. The van der Waals surface area contributed by atoms with E-state index in [1.54, 1.807) is 13.4 Å². The number of nitrogens with one attached hydrogen (secondary N) is 1. The molecule has 1 amide bonds. The lowest BCUT2D eigenvalue weighted by molar-refractivity contribution is -0.141. The Kier molecular flexibility index (Phi) is 8.53. The van der Waals surface area contributed by atoms with Gasteiger partial charge in [0.15, 0.2) is 12.5 Å². The number of carbonyl (C=O) groups is 2. The Bertz CT molecular complexity index is 506. The molecule has 0 heterocycles. The zero-order chi connectivity index (χ0) is 19.1. The molecule has 1 aliphatic carbocycles. The number of guanidine groups is 1. The first-order valence-corrected chi connectivity index (χ1v) is 8.98. The summed E-state index contributed by atoms with van der Waals surface area (Å²) in [6.45, 7) is 4.60. The fraction of sp³-hybridized carbons (Fsp3) is 0.786. The third kappa shape index (κ3) is 5.79. The lowest BCUT2D eigenvalue weighted by atomic mass is 9.88. The smallest absolute Gasteiger partial charge is 0.307 e. The van der Waals surface area contributed by atoms with Gasteiger partial charge < -0.3 is 32.1 Å². The average molecular weight is 373 g/mol. The van der Waals surface area contributed by atoms with Gasteiger partial charge >= 0.3 is 5.97 Å². The second-order valence-electron chi connectivity index (χ2n) is 6.02.